The zero-order valence-corrected chi connectivity index (χ0v) is 18.0. The van der Waals surface area contributed by atoms with Gasteiger partial charge in [-0.3, -0.25) is 0 Å². The van der Waals surface area contributed by atoms with E-state index < -0.39 is 0 Å². The van der Waals surface area contributed by atoms with Crippen LogP contribution in [0.15, 0.2) is 84.9 Å². The first-order valence-electron chi connectivity index (χ1n) is 10.9. The van der Waals surface area contributed by atoms with Crippen molar-refractivity contribution in [3.05, 3.63) is 119 Å². The Morgan fingerprint density at radius 1 is 0.719 bits per heavy atom. The van der Waals surface area contributed by atoms with Gasteiger partial charge in [-0.2, -0.15) is 0 Å². The minimum absolute atomic E-state index is 0.254. The number of allylic oxidation sites excluding steroid dienone is 2. The van der Waals surface area contributed by atoms with E-state index in [2.05, 4.69) is 6.08 Å². The fourth-order valence-electron chi connectivity index (χ4n) is 3.99. The molecule has 4 rings (SSSR count). The van der Waals surface area contributed by atoms with E-state index in [-0.39, 0.29) is 17.5 Å². The first-order valence-corrected chi connectivity index (χ1v) is 10.9. The minimum Gasteiger partial charge on any atom is -0.207 e. The highest BCUT2D eigenvalue weighted by Gasteiger charge is 2.11. The van der Waals surface area contributed by atoms with Gasteiger partial charge < -0.3 is 0 Å². The summed E-state index contributed by atoms with van der Waals surface area (Å²) in [6, 6.07) is 20.6. The van der Waals surface area contributed by atoms with Crippen molar-refractivity contribution < 1.29 is 13.2 Å². The smallest absolute Gasteiger partial charge is 0.134 e. The van der Waals surface area contributed by atoms with Gasteiger partial charge in [-0.05, 0) is 84.5 Å². The van der Waals surface area contributed by atoms with Crippen LogP contribution in [-0.4, -0.2) is 0 Å². The molecule has 162 valence electrons. The quantitative estimate of drug-likeness (QED) is 0.259. The number of fused-ring (bicyclic) bond motifs is 1. The van der Waals surface area contributed by atoms with E-state index in [1.165, 1.54) is 12.1 Å². The molecular weight excluding hydrogens is 405 g/mol. The van der Waals surface area contributed by atoms with Gasteiger partial charge in [0.05, 0.1) is 0 Å². The molecule has 0 saturated carbocycles. The van der Waals surface area contributed by atoms with Gasteiger partial charge in [0, 0.05) is 10.9 Å². The van der Waals surface area contributed by atoms with Gasteiger partial charge >= 0.3 is 0 Å². The molecule has 0 nitrogen and oxygen atoms in total. The molecule has 4 aromatic carbocycles. The number of hydrogen-bond acceptors (Lipinski definition) is 0. The molecule has 32 heavy (non-hydrogen) atoms. The van der Waals surface area contributed by atoms with Crippen molar-refractivity contribution in [1.82, 2.24) is 0 Å². The maximum atomic E-state index is 15.1. The number of hydrogen-bond donors (Lipinski definition) is 0. The van der Waals surface area contributed by atoms with Crippen LogP contribution >= 0.6 is 0 Å². The third kappa shape index (κ3) is 4.94. The molecule has 0 radical (unpaired) electrons. The van der Waals surface area contributed by atoms with Crippen LogP contribution in [0.1, 0.15) is 30.0 Å². The van der Waals surface area contributed by atoms with E-state index in [1.807, 2.05) is 31.2 Å². The first kappa shape index (κ1) is 21.9. The molecular formula is C29H25F3. The Kier molecular flexibility index (Phi) is 6.75. The largest absolute Gasteiger partial charge is 0.207 e. The Morgan fingerprint density at radius 2 is 1.50 bits per heavy atom. The Labute approximate surface area is 187 Å². The van der Waals surface area contributed by atoms with E-state index in [4.69, 9.17) is 0 Å². The minimum atomic E-state index is -0.277. The summed E-state index contributed by atoms with van der Waals surface area (Å²) in [6.45, 7) is 1.97. The summed E-state index contributed by atoms with van der Waals surface area (Å²) in [6.07, 6.45) is 6.90. The second-order valence-corrected chi connectivity index (χ2v) is 8.02. The lowest BCUT2D eigenvalue weighted by atomic mass is 9.96. The van der Waals surface area contributed by atoms with E-state index in [0.717, 1.165) is 34.9 Å². The highest BCUT2D eigenvalue weighted by atomic mass is 19.1. The lowest BCUT2D eigenvalue weighted by Gasteiger charge is -2.10. The van der Waals surface area contributed by atoms with Crippen molar-refractivity contribution in [1.29, 1.82) is 0 Å². The molecule has 0 atom stereocenters. The van der Waals surface area contributed by atoms with Crippen LogP contribution in [0.5, 0.6) is 0 Å². The molecule has 0 heterocycles. The molecule has 0 fully saturated rings. The molecule has 0 spiro atoms. The monoisotopic (exact) mass is 430 g/mol. The van der Waals surface area contributed by atoms with E-state index >= 15 is 4.39 Å². The number of halogens is 3. The lowest BCUT2D eigenvalue weighted by Crippen LogP contribution is -1.96. The number of benzene rings is 4. The topological polar surface area (TPSA) is 0 Å². The molecule has 0 bridgehead atoms. The summed E-state index contributed by atoms with van der Waals surface area (Å²) in [5.74, 6) is -0.796. The van der Waals surface area contributed by atoms with E-state index in [1.54, 1.807) is 42.5 Å². The van der Waals surface area contributed by atoms with E-state index in [0.29, 0.717) is 29.4 Å². The summed E-state index contributed by atoms with van der Waals surface area (Å²) in [5, 5.41) is 1.26. The average Bonchev–Trinajstić information content (AvgIpc) is 2.80. The maximum Gasteiger partial charge on any atom is 0.134 e. The molecule has 0 amide bonds. The zero-order valence-electron chi connectivity index (χ0n) is 18.0. The van der Waals surface area contributed by atoms with Crippen molar-refractivity contribution in [2.24, 2.45) is 0 Å². The Bertz CT molecular complexity index is 1250. The van der Waals surface area contributed by atoms with Gasteiger partial charge in [0.2, 0.25) is 0 Å². The van der Waals surface area contributed by atoms with Crippen LogP contribution in [0.25, 0.3) is 21.9 Å². The molecule has 0 unspecified atom stereocenters. The summed E-state index contributed by atoms with van der Waals surface area (Å²) in [7, 11) is 0. The summed E-state index contributed by atoms with van der Waals surface area (Å²) < 4.78 is 42.9. The summed E-state index contributed by atoms with van der Waals surface area (Å²) in [4.78, 5) is 0. The predicted molar refractivity (Wildman–Crippen MR) is 126 cm³/mol. The highest BCUT2D eigenvalue weighted by Crippen LogP contribution is 2.30. The van der Waals surface area contributed by atoms with Crippen molar-refractivity contribution in [2.75, 3.05) is 0 Å². The van der Waals surface area contributed by atoms with Crippen LogP contribution in [0.2, 0.25) is 0 Å². The SMILES string of the molecule is C/C=C/CCc1ccc(-c2ccc3c(F)c(CCc4ccc(F)cc4)ccc3c2)c(F)c1. The van der Waals surface area contributed by atoms with Crippen LogP contribution in [0.4, 0.5) is 13.2 Å². The van der Waals surface area contributed by atoms with Gasteiger partial charge in [0.15, 0.2) is 0 Å². The van der Waals surface area contributed by atoms with Crippen LogP contribution in [-0.2, 0) is 19.3 Å². The molecule has 0 aromatic heterocycles. The van der Waals surface area contributed by atoms with Crippen molar-refractivity contribution in [2.45, 2.75) is 32.6 Å². The third-order valence-corrected chi connectivity index (χ3v) is 5.81. The predicted octanol–water partition coefficient (Wildman–Crippen LogP) is 8.22. The molecule has 0 aliphatic carbocycles. The molecule has 3 heteroatoms. The standard InChI is InChI=1S/C29H25F3/c1-2-3-4-5-21-9-16-26(28(31)18-21)23-13-17-27-24(19-23)12-11-22(29(27)32)10-6-20-7-14-25(30)15-8-20/h2-3,7-9,11-19H,4-6,10H2,1H3/b3-2+. The van der Waals surface area contributed by atoms with Crippen molar-refractivity contribution in [3.63, 3.8) is 0 Å². The van der Waals surface area contributed by atoms with E-state index in [9.17, 15) is 8.78 Å². The van der Waals surface area contributed by atoms with Gasteiger partial charge in [0.25, 0.3) is 0 Å². The van der Waals surface area contributed by atoms with Crippen LogP contribution < -0.4 is 0 Å². The lowest BCUT2D eigenvalue weighted by molar-refractivity contribution is 0.619. The number of aryl methyl sites for hydroxylation is 3. The van der Waals surface area contributed by atoms with Crippen LogP contribution in [0.3, 0.4) is 0 Å². The van der Waals surface area contributed by atoms with Gasteiger partial charge in [-0.15, -0.1) is 0 Å². The Balaban J connectivity index is 1.55. The number of rotatable bonds is 7. The first-order chi connectivity index (χ1) is 15.5. The zero-order chi connectivity index (χ0) is 22.5. The second kappa shape index (κ2) is 9.86. The maximum absolute atomic E-state index is 15.1. The fourth-order valence-corrected chi connectivity index (χ4v) is 3.99. The molecule has 4 aromatic rings. The highest BCUT2D eigenvalue weighted by molar-refractivity contribution is 5.88. The average molecular weight is 431 g/mol. The van der Waals surface area contributed by atoms with Crippen molar-refractivity contribution >= 4 is 10.8 Å². The Hall–Kier alpha value is -3.33. The van der Waals surface area contributed by atoms with Gasteiger partial charge in [-0.1, -0.05) is 60.7 Å². The van der Waals surface area contributed by atoms with Crippen LogP contribution in [0, 0.1) is 17.5 Å². The molecule has 0 aliphatic rings. The molecule has 0 N–H and O–H groups in total. The summed E-state index contributed by atoms with van der Waals surface area (Å²) >= 11 is 0. The molecule has 0 saturated heterocycles. The second-order valence-electron chi connectivity index (χ2n) is 8.02. The van der Waals surface area contributed by atoms with Gasteiger partial charge in [-0.25, -0.2) is 13.2 Å². The molecule has 0 aliphatic heterocycles. The van der Waals surface area contributed by atoms with Gasteiger partial charge in [0.1, 0.15) is 17.5 Å². The van der Waals surface area contributed by atoms with Crippen molar-refractivity contribution in [3.8, 4) is 11.1 Å². The summed E-state index contributed by atoms with van der Waals surface area (Å²) in [5.41, 5.74) is 3.79. The fraction of sp³-hybridized carbons (Fsp3) is 0.172. The third-order valence-electron chi connectivity index (χ3n) is 5.81. The normalized spacial score (nSPS) is 11.5. The Morgan fingerprint density at radius 3 is 2.25 bits per heavy atom.